The van der Waals surface area contributed by atoms with Crippen molar-refractivity contribution >= 4 is 46.2 Å². The summed E-state index contributed by atoms with van der Waals surface area (Å²) in [5.74, 6) is 1.60. The van der Waals surface area contributed by atoms with E-state index in [2.05, 4.69) is 5.32 Å². The zero-order chi connectivity index (χ0) is 19.9. The summed E-state index contributed by atoms with van der Waals surface area (Å²) in [7, 11) is 0. The summed E-state index contributed by atoms with van der Waals surface area (Å²) < 4.78 is 11.0. The van der Waals surface area contributed by atoms with E-state index in [4.69, 9.17) is 44.6 Å². The molecular weight excluding hydrogens is 415 g/mol. The van der Waals surface area contributed by atoms with Crippen molar-refractivity contribution in [1.29, 1.82) is 0 Å². The molecule has 7 heteroatoms. The van der Waals surface area contributed by atoms with Gasteiger partial charge in [-0.25, -0.2) is 0 Å². The highest BCUT2D eigenvalue weighted by Gasteiger charge is 2.16. The van der Waals surface area contributed by atoms with E-state index >= 15 is 0 Å². The number of benzene rings is 2. The number of halogens is 2. The van der Waals surface area contributed by atoms with Gasteiger partial charge in [0.25, 0.3) is 0 Å². The predicted octanol–water partition coefficient (Wildman–Crippen LogP) is 6.38. The Bertz CT molecular complexity index is 894. The normalized spacial score (nSPS) is 10.5. The number of furan rings is 1. The van der Waals surface area contributed by atoms with E-state index in [1.165, 1.54) is 0 Å². The highest BCUT2D eigenvalue weighted by molar-refractivity contribution is 7.80. The van der Waals surface area contributed by atoms with Crippen LogP contribution in [0.1, 0.15) is 18.2 Å². The van der Waals surface area contributed by atoms with Crippen LogP contribution in [0, 0.1) is 0 Å². The fourth-order valence-electron chi connectivity index (χ4n) is 2.67. The highest BCUT2D eigenvalue weighted by Crippen LogP contribution is 2.27. The molecule has 0 saturated carbocycles. The Morgan fingerprint density at radius 3 is 2.36 bits per heavy atom. The molecule has 3 aromatic rings. The van der Waals surface area contributed by atoms with Gasteiger partial charge in [0.15, 0.2) is 5.11 Å². The van der Waals surface area contributed by atoms with E-state index < -0.39 is 0 Å². The lowest BCUT2D eigenvalue weighted by atomic mass is 10.2. The van der Waals surface area contributed by atoms with Crippen LogP contribution in [0.25, 0.3) is 0 Å². The zero-order valence-corrected chi connectivity index (χ0v) is 17.7. The van der Waals surface area contributed by atoms with Crippen molar-refractivity contribution in [1.82, 2.24) is 4.90 Å². The molecule has 4 nitrogen and oxygen atoms in total. The van der Waals surface area contributed by atoms with Crippen molar-refractivity contribution in [3.05, 3.63) is 82.2 Å². The van der Waals surface area contributed by atoms with Gasteiger partial charge in [0.05, 0.1) is 19.4 Å². The molecule has 0 atom stereocenters. The largest absolute Gasteiger partial charge is 0.494 e. The first-order valence-corrected chi connectivity index (χ1v) is 9.97. The van der Waals surface area contributed by atoms with Crippen LogP contribution in [0.3, 0.4) is 0 Å². The molecule has 1 N–H and O–H groups in total. The van der Waals surface area contributed by atoms with Crippen molar-refractivity contribution in [2.45, 2.75) is 20.0 Å². The third-order valence-corrected chi connectivity index (χ3v) is 5.11. The van der Waals surface area contributed by atoms with Crippen molar-refractivity contribution in [2.75, 3.05) is 11.9 Å². The molecule has 0 aliphatic heterocycles. The summed E-state index contributed by atoms with van der Waals surface area (Å²) in [5, 5.41) is 4.99. The molecule has 1 heterocycles. The summed E-state index contributed by atoms with van der Waals surface area (Å²) in [6.45, 7) is 3.51. The van der Waals surface area contributed by atoms with Crippen molar-refractivity contribution in [3.63, 3.8) is 0 Å². The van der Waals surface area contributed by atoms with Crippen molar-refractivity contribution in [2.24, 2.45) is 0 Å². The van der Waals surface area contributed by atoms with Gasteiger partial charge in [0, 0.05) is 27.8 Å². The number of nitrogens with one attached hydrogen (secondary N) is 1. The Kier molecular flexibility index (Phi) is 7.20. The third kappa shape index (κ3) is 5.41. The monoisotopic (exact) mass is 434 g/mol. The second kappa shape index (κ2) is 9.82. The van der Waals surface area contributed by atoms with Gasteiger partial charge in [-0.2, -0.15) is 0 Å². The summed E-state index contributed by atoms with van der Waals surface area (Å²) in [6, 6.07) is 16.8. The zero-order valence-electron chi connectivity index (χ0n) is 15.3. The Morgan fingerprint density at radius 2 is 1.75 bits per heavy atom. The maximum Gasteiger partial charge on any atom is 0.174 e. The van der Waals surface area contributed by atoms with Crippen LogP contribution < -0.4 is 10.1 Å². The van der Waals surface area contributed by atoms with E-state index in [9.17, 15) is 0 Å². The van der Waals surface area contributed by atoms with Gasteiger partial charge in [0.2, 0.25) is 0 Å². The standard InChI is InChI=1S/C21H20Cl2N2O2S/c1-2-26-16-10-8-15(9-11-16)24-21(28)25(13-17-5-4-12-27-17)14-18-19(22)6-3-7-20(18)23/h3-12H,2,13-14H2,1H3,(H,24,28). The highest BCUT2D eigenvalue weighted by atomic mass is 35.5. The first-order valence-electron chi connectivity index (χ1n) is 8.81. The molecule has 3 rings (SSSR count). The Hall–Kier alpha value is -2.21. The second-order valence-electron chi connectivity index (χ2n) is 6.02. The molecule has 0 saturated heterocycles. The topological polar surface area (TPSA) is 37.6 Å². The summed E-state index contributed by atoms with van der Waals surface area (Å²) in [6.07, 6.45) is 1.64. The number of hydrogen-bond donors (Lipinski definition) is 1. The molecule has 0 spiro atoms. The van der Waals surface area contributed by atoms with Gasteiger partial charge in [0.1, 0.15) is 11.5 Å². The molecule has 0 amide bonds. The van der Waals surface area contributed by atoms with E-state index in [1.807, 2.05) is 66.4 Å². The lowest BCUT2D eigenvalue weighted by Crippen LogP contribution is -2.33. The van der Waals surface area contributed by atoms with Crippen LogP contribution in [-0.2, 0) is 13.1 Å². The van der Waals surface area contributed by atoms with Gasteiger partial charge in [-0.05, 0) is 67.7 Å². The van der Waals surface area contributed by atoms with Gasteiger partial charge in [-0.3, -0.25) is 0 Å². The molecule has 0 aliphatic carbocycles. The average molecular weight is 435 g/mol. The van der Waals surface area contributed by atoms with Gasteiger partial charge < -0.3 is 19.4 Å². The SMILES string of the molecule is CCOc1ccc(NC(=S)N(Cc2ccco2)Cc2c(Cl)cccc2Cl)cc1. The summed E-state index contributed by atoms with van der Waals surface area (Å²) >= 11 is 18.4. The minimum atomic E-state index is 0.446. The fourth-order valence-corrected chi connectivity index (χ4v) is 3.43. The van der Waals surface area contributed by atoms with Gasteiger partial charge in [-0.1, -0.05) is 29.3 Å². The smallest absolute Gasteiger partial charge is 0.174 e. The first kappa shape index (κ1) is 20.5. The molecule has 0 radical (unpaired) electrons. The van der Waals surface area contributed by atoms with Crippen molar-refractivity contribution < 1.29 is 9.15 Å². The molecule has 146 valence electrons. The van der Waals surface area contributed by atoms with E-state index in [0.717, 1.165) is 22.8 Å². The third-order valence-electron chi connectivity index (χ3n) is 4.04. The Balaban J connectivity index is 1.78. The molecule has 28 heavy (non-hydrogen) atoms. The minimum Gasteiger partial charge on any atom is -0.494 e. The molecule has 0 unspecified atom stereocenters. The summed E-state index contributed by atoms with van der Waals surface area (Å²) in [4.78, 5) is 1.96. The van der Waals surface area contributed by atoms with E-state index in [1.54, 1.807) is 6.26 Å². The van der Waals surface area contributed by atoms with Crippen LogP contribution in [0.15, 0.2) is 65.3 Å². The Labute approximate surface area is 180 Å². The quantitative estimate of drug-likeness (QED) is 0.436. The second-order valence-corrected chi connectivity index (χ2v) is 7.22. The molecule has 0 fully saturated rings. The average Bonchev–Trinajstić information content (AvgIpc) is 3.19. The lowest BCUT2D eigenvalue weighted by molar-refractivity contribution is 0.340. The van der Waals surface area contributed by atoms with Crippen LogP contribution in [0.5, 0.6) is 5.75 Å². The molecule has 0 bridgehead atoms. The van der Waals surface area contributed by atoms with Crippen LogP contribution in [-0.4, -0.2) is 16.6 Å². The number of nitrogens with zero attached hydrogens (tertiary/aromatic N) is 1. The predicted molar refractivity (Wildman–Crippen MR) is 118 cm³/mol. The number of thiocarbonyl (C=S) groups is 1. The van der Waals surface area contributed by atoms with Crippen LogP contribution in [0.4, 0.5) is 5.69 Å². The minimum absolute atomic E-state index is 0.446. The number of anilines is 1. The lowest BCUT2D eigenvalue weighted by Gasteiger charge is -2.26. The van der Waals surface area contributed by atoms with E-state index in [0.29, 0.717) is 34.9 Å². The first-order chi connectivity index (χ1) is 13.6. The number of ether oxygens (including phenoxy) is 1. The fraction of sp³-hybridized carbons (Fsp3) is 0.190. The van der Waals surface area contributed by atoms with Gasteiger partial charge >= 0.3 is 0 Å². The maximum absolute atomic E-state index is 6.36. The number of rotatable bonds is 7. The van der Waals surface area contributed by atoms with E-state index in [-0.39, 0.29) is 0 Å². The Morgan fingerprint density at radius 1 is 1.04 bits per heavy atom. The van der Waals surface area contributed by atoms with Gasteiger partial charge in [-0.15, -0.1) is 0 Å². The van der Waals surface area contributed by atoms with Crippen LogP contribution >= 0.6 is 35.4 Å². The number of hydrogen-bond acceptors (Lipinski definition) is 3. The molecule has 0 aliphatic rings. The molecule has 2 aromatic carbocycles. The maximum atomic E-state index is 6.36. The van der Waals surface area contributed by atoms with Crippen LogP contribution in [0.2, 0.25) is 10.0 Å². The molecular formula is C21H20Cl2N2O2S. The molecule has 1 aromatic heterocycles. The van der Waals surface area contributed by atoms with Crippen molar-refractivity contribution in [3.8, 4) is 5.75 Å². The summed E-state index contributed by atoms with van der Waals surface area (Å²) in [5.41, 5.74) is 1.68.